The van der Waals surface area contributed by atoms with Crippen LogP contribution in [0.15, 0.2) is 48.5 Å². The molecule has 2 aromatic carbocycles. The van der Waals surface area contributed by atoms with Crippen LogP contribution in [0, 0.1) is 5.41 Å². The van der Waals surface area contributed by atoms with Crippen molar-refractivity contribution in [3.8, 4) is 0 Å². The third-order valence-corrected chi connectivity index (χ3v) is 9.93. The van der Waals surface area contributed by atoms with E-state index in [0.717, 1.165) is 0 Å². The Morgan fingerprint density at radius 1 is 1.00 bits per heavy atom. The number of rotatable bonds is 7. The van der Waals surface area contributed by atoms with Gasteiger partial charge in [-0.2, -0.15) is 0 Å². The van der Waals surface area contributed by atoms with Crippen molar-refractivity contribution in [2.24, 2.45) is 5.41 Å². The lowest BCUT2D eigenvalue weighted by atomic mass is 9.82. The van der Waals surface area contributed by atoms with E-state index in [9.17, 15) is 23.1 Å². The second kappa shape index (κ2) is 11.2. The normalized spacial score (nSPS) is 21.8. The molecule has 0 aromatic heterocycles. The predicted molar refractivity (Wildman–Crippen MR) is 149 cm³/mol. The Morgan fingerprint density at radius 3 is 2.11 bits per heavy atom. The van der Waals surface area contributed by atoms with Gasteiger partial charge in [-0.25, -0.2) is 8.42 Å². The van der Waals surface area contributed by atoms with Crippen molar-refractivity contribution in [2.45, 2.75) is 77.0 Å². The first kappa shape index (κ1) is 30.4. The van der Waals surface area contributed by atoms with E-state index in [2.05, 4.69) is 0 Å². The zero-order valence-corrected chi connectivity index (χ0v) is 24.8. The van der Waals surface area contributed by atoms with Crippen LogP contribution in [0.25, 0.3) is 0 Å². The molecule has 0 bridgehead atoms. The molecule has 1 N–H and O–H groups in total. The van der Waals surface area contributed by atoms with E-state index in [1.54, 1.807) is 69.3 Å². The molecule has 0 radical (unpaired) electrons. The van der Waals surface area contributed by atoms with E-state index in [1.165, 1.54) is 4.90 Å². The molecule has 2 unspecified atom stereocenters. The van der Waals surface area contributed by atoms with Crippen molar-refractivity contribution in [1.82, 2.24) is 4.90 Å². The van der Waals surface area contributed by atoms with Gasteiger partial charge in [-0.1, -0.05) is 68.2 Å². The molecule has 208 valence electrons. The fraction of sp³-hybridized carbons (Fsp3) is 0.500. The van der Waals surface area contributed by atoms with E-state index in [1.807, 2.05) is 20.8 Å². The van der Waals surface area contributed by atoms with Gasteiger partial charge in [0.05, 0.1) is 29.0 Å². The summed E-state index contributed by atoms with van der Waals surface area (Å²) in [5.41, 5.74) is 0.614. The van der Waals surface area contributed by atoms with Crippen molar-refractivity contribution in [2.75, 3.05) is 5.75 Å². The molecular formula is C28H35Cl2NO6S. The highest BCUT2D eigenvalue weighted by Gasteiger charge is 2.51. The maximum Gasteiger partial charge on any atom is 0.306 e. The molecule has 1 aliphatic rings. The highest BCUT2D eigenvalue weighted by molar-refractivity contribution is 7.92. The Labute approximate surface area is 235 Å². The van der Waals surface area contributed by atoms with Crippen LogP contribution < -0.4 is 0 Å². The Bertz CT molecular complexity index is 1280. The summed E-state index contributed by atoms with van der Waals surface area (Å²) in [6.07, 6.45) is -2.70. The molecule has 0 saturated carbocycles. The molecular weight excluding hydrogens is 549 g/mol. The molecule has 0 aliphatic carbocycles. The van der Waals surface area contributed by atoms with Gasteiger partial charge < -0.3 is 14.7 Å². The number of hydrogen-bond donors (Lipinski definition) is 1. The van der Waals surface area contributed by atoms with Crippen LogP contribution in [0.2, 0.25) is 10.0 Å². The third kappa shape index (κ3) is 6.71. The van der Waals surface area contributed by atoms with Crippen molar-refractivity contribution in [1.29, 1.82) is 0 Å². The van der Waals surface area contributed by atoms with Crippen LogP contribution in [0.1, 0.15) is 71.2 Å². The molecule has 2 aromatic rings. The average molecular weight is 585 g/mol. The maximum atomic E-state index is 14.1. The van der Waals surface area contributed by atoms with Gasteiger partial charge in [-0.3, -0.25) is 9.59 Å². The van der Waals surface area contributed by atoms with Gasteiger partial charge in [0.25, 0.3) is 5.91 Å². The molecule has 1 heterocycles. The van der Waals surface area contributed by atoms with E-state index in [0.29, 0.717) is 21.2 Å². The summed E-state index contributed by atoms with van der Waals surface area (Å²) in [6, 6.07) is 12.3. The van der Waals surface area contributed by atoms with E-state index >= 15 is 0 Å². The van der Waals surface area contributed by atoms with Crippen LogP contribution >= 0.6 is 23.2 Å². The first-order chi connectivity index (χ1) is 17.4. The summed E-state index contributed by atoms with van der Waals surface area (Å²) >= 11 is 12.5. The van der Waals surface area contributed by atoms with Crippen molar-refractivity contribution in [3.63, 3.8) is 0 Å². The highest BCUT2D eigenvalue weighted by Crippen LogP contribution is 2.47. The van der Waals surface area contributed by atoms with Gasteiger partial charge >= 0.3 is 5.97 Å². The number of carbonyl (C=O) groups is 2. The minimum Gasteiger partial charge on any atom is -0.481 e. The fourth-order valence-electron chi connectivity index (χ4n) is 4.55. The Morgan fingerprint density at radius 2 is 1.61 bits per heavy atom. The summed E-state index contributed by atoms with van der Waals surface area (Å²) in [6.45, 7) is 10.5. The molecule has 4 atom stereocenters. The molecule has 10 heteroatoms. The second-order valence-corrected chi connectivity index (χ2v) is 15.4. The van der Waals surface area contributed by atoms with Gasteiger partial charge in [0.1, 0.15) is 12.2 Å². The number of morpholine rings is 1. The Hall–Kier alpha value is -2.13. The largest absolute Gasteiger partial charge is 0.481 e. The number of sulfone groups is 1. The van der Waals surface area contributed by atoms with Gasteiger partial charge in [0.2, 0.25) is 0 Å². The van der Waals surface area contributed by atoms with Crippen LogP contribution in [-0.2, 0) is 24.2 Å². The number of nitrogens with zero attached hydrogens (tertiary/aromatic N) is 1. The Balaban J connectivity index is 2.30. The van der Waals surface area contributed by atoms with E-state index < -0.39 is 62.6 Å². The molecule has 1 fully saturated rings. The van der Waals surface area contributed by atoms with Gasteiger partial charge in [-0.05, 0) is 61.6 Å². The smallest absolute Gasteiger partial charge is 0.306 e. The Kier molecular flexibility index (Phi) is 8.93. The first-order valence-corrected chi connectivity index (χ1v) is 14.8. The quantitative estimate of drug-likeness (QED) is 0.422. The van der Waals surface area contributed by atoms with Crippen molar-refractivity contribution in [3.05, 3.63) is 69.7 Å². The SMILES string of the molecule is CC(C)(C)C(CS(=O)(=O)C(C)(C)C)N1C(=O)[C@H](CC(=O)O)O[C@H](c2cccc(Cl)c2)C1c1ccc(Cl)cc1. The van der Waals surface area contributed by atoms with Gasteiger partial charge in [0.15, 0.2) is 9.84 Å². The molecule has 38 heavy (non-hydrogen) atoms. The number of amides is 1. The summed E-state index contributed by atoms with van der Waals surface area (Å²) in [5.74, 6) is -2.08. The van der Waals surface area contributed by atoms with Crippen LogP contribution in [0.3, 0.4) is 0 Å². The van der Waals surface area contributed by atoms with Crippen molar-refractivity contribution >= 4 is 44.9 Å². The zero-order chi connectivity index (χ0) is 28.6. The number of benzene rings is 2. The summed E-state index contributed by atoms with van der Waals surface area (Å²) in [4.78, 5) is 27.4. The van der Waals surface area contributed by atoms with Gasteiger partial charge in [-0.15, -0.1) is 0 Å². The number of hydrogen-bond acceptors (Lipinski definition) is 5. The number of halogens is 2. The topological polar surface area (TPSA) is 101 Å². The summed E-state index contributed by atoms with van der Waals surface area (Å²) in [7, 11) is -3.69. The first-order valence-electron chi connectivity index (χ1n) is 12.3. The molecule has 1 saturated heterocycles. The highest BCUT2D eigenvalue weighted by atomic mass is 35.5. The standard InChI is InChI=1S/C28H35Cl2NO6S/c1-27(2,3)22(16-38(35,36)28(4,5)6)31-24(17-10-12-19(29)13-11-17)25(18-8-7-9-20(30)14-18)37-21(26(31)34)15-23(32)33/h7-14,21-22,24-25H,15-16H2,1-6H3,(H,32,33)/t21-,22?,24?,25+/m0/s1. The molecule has 7 nitrogen and oxygen atoms in total. The molecule has 1 amide bonds. The van der Waals surface area contributed by atoms with Crippen LogP contribution in [0.4, 0.5) is 0 Å². The van der Waals surface area contributed by atoms with Gasteiger partial charge in [0, 0.05) is 10.0 Å². The number of aliphatic carboxylic acids is 1. The number of carboxylic acid groups (broad SMARTS) is 1. The van der Waals surface area contributed by atoms with Crippen molar-refractivity contribution < 1.29 is 27.9 Å². The second-order valence-electron chi connectivity index (χ2n) is 11.7. The summed E-state index contributed by atoms with van der Waals surface area (Å²) < 4.78 is 32.2. The molecule has 0 spiro atoms. The lowest BCUT2D eigenvalue weighted by Crippen LogP contribution is -2.60. The lowest BCUT2D eigenvalue weighted by Gasteiger charge is -2.51. The fourth-order valence-corrected chi connectivity index (χ4v) is 6.45. The molecule has 3 rings (SSSR count). The number of ether oxygens (including phenoxy) is 1. The van der Waals surface area contributed by atoms with E-state index in [-0.39, 0.29) is 5.75 Å². The average Bonchev–Trinajstić information content (AvgIpc) is 2.78. The van der Waals surface area contributed by atoms with Crippen LogP contribution in [0.5, 0.6) is 0 Å². The maximum absolute atomic E-state index is 14.1. The molecule has 1 aliphatic heterocycles. The summed E-state index contributed by atoms with van der Waals surface area (Å²) in [5, 5.41) is 10.5. The minimum atomic E-state index is -3.69. The minimum absolute atomic E-state index is 0.308. The predicted octanol–water partition coefficient (Wildman–Crippen LogP) is 6.11. The van der Waals surface area contributed by atoms with Crippen LogP contribution in [-0.4, -0.2) is 52.9 Å². The third-order valence-electron chi connectivity index (χ3n) is 6.82. The lowest BCUT2D eigenvalue weighted by molar-refractivity contribution is -0.186. The number of carbonyl (C=O) groups excluding carboxylic acids is 1. The monoisotopic (exact) mass is 583 g/mol. The zero-order valence-electron chi connectivity index (χ0n) is 22.4. The van der Waals surface area contributed by atoms with E-state index in [4.69, 9.17) is 27.9 Å². The number of carboxylic acids is 1.